The molecule has 152 valence electrons. The zero-order valence-electron chi connectivity index (χ0n) is 15.7. The van der Waals surface area contributed by atoms with Gasteiger partial charge in [-0.3, -0.25) is 4.79 Å². The highest BCUT2D eigenvalue weighted by molar-refractivity contribution is 9.10. The van der Waals surface area contributed by atoms with E-state index in [2.05, 4.69) is 21.2 Å². The Morgan fingerprint density at radius 3 is 2.48 bits per heavy atom. The molecule has 0 aromatic heterocycles. The first-order chi connectivity index (χ1) is 14.0. The van der Waals surface area contributed by atoms with E-state index in [0.29, 0.717) is 25.2 Å². The molecule has 2 aromatic carbocycles. The zero-order chi connectivity index (χ0) is 20.4. The van der Waals surface area contributed by atoms with Crippen LogP contribution >= 0.6 is 27.7 Å². The minimum absolute atomic E-state index is 0.0676. The highest BCUT2D eigenvalue weighted by Gasteiger charge is 2.47. The van der Waals surface area contributed by atoms with Gasteiger partial charge in [-0.25, -0.2) is 9.18 Å². The van der Waals surface area contributed by atoms with Gasteiger partial charge in [-0.2, -0.15) is 0 Å². The molecule has 2 aromatic rings. The van der Waals surface area contributed by atoms with Crippen LogP contribution < -0.4 is 5.32 Å². The largest absolute Gasteiger partial charge is 0.324 e. The summed E-state index contributed by atoms with van der Waals surface area (Å²) in [6.07, 6.45) is 1.44. The van der Waals surface area contributed by atoms with Crippen molar-refractivity contribution in [3.05, 3.63) is 64.4 Å². The van der Waals surface area contributed by atoms with Crippen molar-refractivity contribution in [3.63, 3.8) is 0 Å². The number of hydrogen-bond donors (Lipinski definition) is 1. The highest BCUT2D eigenvalue weighted by Crippen LogP contribution is 2.44. The number of amides is 3. The van der Waals surface area contributed by atoms with Gasteiger partial charge in [0.15, 0.2) is 0 Å². The first-order valence-electron chi connectivity index (χ1n) is 9.50. The Hall–Kier alpha value is -2.06. The molecule has 0 atom stereocenters. The molecule has 3 amide bonds. The Kier molecular flexibility index (Phi) is 5.83. The van der Waals surface area contributed by atoms with Crippen molar-refractivity contribution >= 4 is 45.3 Å². The lowest BCUT2D eigenvalue weighted by molar-refractivity contribution is 0.0585. The number of carbonyl (C=O) groups excluding carboxylic acids is 2. The minimum atomic E-state index is -0.350. The second-order valence-electron chi connectivity index (χ2n) is 7.19. The average molecular weight is 478 g/mol. The summed E-state index contributed by atoms with van der Waals surface area (Å²) in [5.41, 5.74) is 1.25. The van der Waals surface area contributed by atoms with E-state index in [1.807, 2.05) is 29.2 Å². The molecule has 4 rings (SSSR count). The summed E-state index contributed by atoms with van der Waals surface area (Å²) in [5.74, 6) is 0.454. The average Bonchev–Trinajstić information content (AvgIpc) is 3.11. The molecule has 29 heavy (non-hydrogen) atoms. The van der Waals surface area contributed by atoms with Crippen LogP contribution in [0.3, 0.4) is 0 Å². The van der Waals surface area contributed by atoms with Crippen molar-refractivity contribution in [1.29, 1.82) is 0 Å². The number of benzene rings is 2. The van der Waals surface area contributed by atoms with Crippen LogP contribution in [0.2, 0.25) is 0 Å². The van der Waals surface area contributed by atoms with Gasteiger partial charge in [0.2, 0.25) is 0 Å². The second-order valence-corrected chi connectivity index (χ2v) is 9.56. The molecule has 8 heteroatoms. The first-order valence-corrected chi connectivity index (χ1v) is 11.3. The van der Waals surface area contributed by atoms with E-state index in [9.17, 15) is 14.0 Å². The predicted octanol–water partition coefficient (Wildman–Crippen LogP) is 4.80. The number of piperidine rings is 1. The van der Waals surface area contributed by atoms with Crippen LogP contribution in [0.4, 0.5) is 14.9 Å². The maximum atomic E-state index is 13.2. The Labute approximate surface area is 181 Å². The number of hydrogen-bond acceptors (Lipinski definition) is 3. The van der Waals surface area contributed by atoms with Crippen LogP contribution in [0.5, 0.6) is 0 Å². The Balaban J connectivity index is 1.41. The van der Waals surface area contributed by atoms with Gasteiger partial charge in [-0.1, -0.05) is 22.0 Å². The molecule has 0 radical (unpaired) electrons. The van der Waals surface area contributed by atoms with Crippen molar-refractivity contribution in [2.24, 2.45) is 0 Å². The summed E-state index contributed by atoms with van der Waals surface area (Å²) in [6.45, 7) is 1.84. The molecule has 0 saturated carbocycles. The summed E-state index contributed by atoms with van der Waals surface area (Å²) in [7, 11) is 0. The fourth-order valence-corrected chi connectivity index (χ4v) is 5.74. The van der Waals surface area contributed by atoms with E-state index in [1.54, 1.807) is 16.7 Å². The number of nitrogens with zero attached hydrogens (tertiary/aromatic N) is 2. The second kappa shape index (κ2) is 8.36. The Bertz CT molecular complexity index is 916. The highest BCUT2D eigenvalue weighted by atomic mass is 79.9. The van der Waals surface area contributed by atoms with Crippen LogP contribution in [0.15, 0.2) is 53.0 Å². The normalized spacial score (nSPS) is 18.1. The molecule has 2 fully saturated rings. The molecule has 0 unspecified atom stereocenters. The number of anilines is 1. The van der Waals surface area contributed by atoms with E-state index >= 15 is 0 Å². The van der Waals surface area contributed by atoms with E-state index in [1.165, 1.54) is 24.3 Å². The van der Waals surface area contributed by atoms with Crippen LogP contribution in [0.25, 0.3) is 0 Å². The summed E-state index contributed by atoms with van der Waals surface area (Å²) in [4.78, 5) is 29.1. The van der Waals surface area contributed by atoms with Gasteiger partial charge in [0.1, 0.15) is 5.82 Å². The van der Waals surface area contributed by atoms with Crippen molar-refractivity contribution in [3.8, 4) is 0 Å². The molecule has 2 aliphatic heterocycles. The molecule has 0 bridgehead atoms. The van der Waals surface area contributed by atoms with Gasteiger partial charge in [-0.15, -0.1) is 11.8 Å². The lowest BCUT2D eigenvalue weighted by atomic mass is 10.0. The van der Waals surface area contributed by atoms with E-state index in [0.717, 1.165) is 28.8 Å². The van der Waals surface area contributed by atoms with E-state index in [-0.39, 0.29) is 22.6 Å². The molecule has 5 nitrogen and oxygen atoms in total. The van der Waals surface area contributed by atoms with Gasteiger partial charge >= 0.3 is 6.03 Å². The Morgan fingerprint density at radius 2 is 1.79 bits per heavy atom. The van der Waals surface area contributed by atoms with Crippen molar-refractivity contribution in [1.82, 2.24) is 9.80 Å². The molecule has 0 aliphatic carbocycles. The summed E-state index contributed by atoms with van der Waals surface area (Å²) in [5, 5.41) is 2.93. The predicted molar refractivity (Wildman–Crippen MR) is 117 cm³/mol. The summed E-state index contributed by atoms with van der Waals surface area (Å²) < 4.78 is 14.1. The van der Waals surface area contributed by atoms with Gasteiger partial charge in [0.25, 0.3) is 5.91 Å². The fourth-order valence-electron chi connectivity index (χ4n) is 3.89. The topological polar surface area (TPSA) is 52.7 Å². The zero-order valence-corrected chi connectivity index (χ0v) is 18.1. The molecule has 2 heterocycles. The quantitative estimate of drug-likeness (QED) is 0.675. The number of nitrogens with one attached hydrogen (secondary N) is 1. The molecule has 2 saturated heterocycles. The number of thioether (sulfide) groups is 1. The number of urea groups is 1. The van der Waals surface area contributed by atoms with Crippen molar-refractivity contribution < 1.29 is 14.0 Å². The maximum absolute atomic E-state index is 13.2. The van der Waals surface area contributed by atoms with Gasteiger partial charge < -0.3 is 15.1 Å². The molecule has 1 spiro atoms. The number of rotatable bonds is 2. The summed E-state index contributed by atoms with van der Waals surface area (Å²) >= 11 is 5.19. The van der Waals surface area contributed by atoms with Gasteiger partial charge in [0, 0.05) is 41.1 Å². The number of carbonyl (C=O) groups is 2. The lowest BCUT2D eigenvalue weighted by Gasteiger charge is -2.44. The standard InChI is InChI=1S/C21H21BrFN3O2S/c22-16-2-1-3-18(14-16)24-20(28)25-10-8-21(9-11-25)26(12-13-29-21)19(27)15-4-6-17(23)7-5-15/h1-7,14H,8-13H2,(H,24,28). The van der Waals surface area contributed by atoms with E-state index < -0.39 is 0 Å². The lowest BCUT2D eigenvalue weighted by Crippen LogP contribution is -2.54. The van der Waals surface area contributed by atoms with Gasteiger partial charge in [-0.05, 0) is 55.3 Å². The van der Waals surface area contributed by atoms with Crippen molar-refractivity contribution in [2.75, 3.05) is 30.7 Å². The third-order valence-electron chi connectivity index (χ3n) is 5.42. The minimum Gasteiger partial charge on any atom is -0.324 e. The van der Waals surface area contributed by atoms with Crippen molar-refractivity contribution in [2.45, 2.75) is 17.7 Å². The molecule has 2 aliphatic rings. The van der Waals surface area contributed by atoms with Crippen LogP contribution in [0.1, 0.15) is 23.2 Å². The molecule has 1 N–H and O–H groups in total. The third kappa shape index (κ3) is 4.28. The van der Waals surface area contributed by atoms with Crippen LogP contribution in [-0.2, 0) is 0 Å². The first kappa shape index (κ1) is 20.2. The van der Waals surface area contributed by atoms with E-state index in [4.69, 9.17) is 0 Å². The SMILES string of the molecule is O=C(Nc1cccc(Br)c1)N1CCC2(CC1)SCCN2C(=O)c1ccc(F)cc1. The maximum Gasteiger partial charge on any atom is 0.321 e. The fraction of sp³-hybridized carbons (Fsp3) is 0.333. The number of likely N-dealkylation sites (tertiary alicyclic amines) is 1. The number of halogens is 2. The van der Waals surface area contributed by atoms with Crippen LogP contribution in [0, 0.1) is 5.82 Å². The van der Waals surface area contributed by atoms with Crippen LogP contribution in [-0.4, -0.2) is 52.0 Å². The summed E-state index contributed by atoms with van der Waals surface area (Å²) in [6, 6.07) is 13.1. The van der Waals surface area contributed by atoms with Gasteiger partial charge in [0.05, 0.1) is 4.87 Å². The molecular formula is C21H21BrFN3O2S. The molecular weight excluding hydrogens is 457 g/mol. The Morgan fingerprint density at radius 1 is 1.07 bits per heavy atom. The smallest absolute Gasteiger partial charge is 0.321 e. The third-order valence-corrected chi connectivity index (χ3v) is 7.47. The monoisotopic (exact) mass is 477 g/mol.